The lowest BCUT2D eigenvalue weighted by molar-refractivity contribution is 0.372. The Labute approximate surface area is 158 Å². The maximum atomic E-state index is 5.46. The van der Waals surface area contributed by atoms with E-state index in [4.69, 9.17) is 4.74 Å². The number of ether oxygens (including phenoxy) is 1. The first-order valence-corrected chi connectivity index (χ1v) is 8.74. The van der Waals surface area contributed by atoms with Gasteiger partial charge < -0.3 is 25.6 Å². The average Bonchev–Trinajstić information content (AvgIpc) is 3.12. The van der Waals surface area contributed by atoms with Gasteiger partial charge in [0.1, 0.15) is 11.6 Å². The van der Waals surface area contributed by atoms with Gasteiger partial charge >= 0.3 is 0 Å². The van der Waals surface area contributed by atoms with Crippen molar-refractivity contribution in [2.24, 2.45) is 0 Å². The molecule has 27 heavy (non-hydrogen) atoms. The molecule has 1 aliphatic rings. The van der Waals surface area contributed by atoms with Gasteiger partial charge in [0.25, 0.3) is 0 Å². The predicted molar refractivity (Wildman–Crippen MR) is 110 cm³/mol. The Morgan fingerprint density at radius 1 is 1.07 bits per heavy atom. The SMILES string of the molecule is Cc1cnc(Nc2cccc(N(C)C)c2)nc1Nc1ccc2c(c1)NCO2. The van der Waals surface area contributed by atoms with Gasteiger partial charge in [0, 0.05) is 42.9 Å². The zero-order chi connectivity index (χ0) is 18.8. The summed E-state index contributed by atoms with van der Waals surface area (Å²) >= 11 is 0. The standard InChI is InChI=1S/C20H22N6O/c1-13-11-21-20(24-14-5-4-6-16(9-14)26(2)3)25-19(13)23-15-7-8-18-17(10-15)22-12-27-18/h4-11,22H,12H2,1-3H3,(H2,21,23,24,25). The van der Waals surface area contributed by atoms with Crippen LogP contribution in [0.1, 0.15) is 5.56 Å². The third kappa shape index (κ3) is 3.72. The van der Waals surface area contributed by atoms with Gasteiger partial charge in [-0.15, -0.1) is 0 Å². The zero-order valence-corrected chi connectivity index (χ0v) is 15.6. The van der Waals surface area contributed by atoms with E-state index in [9.17, 15) is 0 Å². The van der Waals surface area contributed by atoms with Crippen molar-refractivity contribution in [2.75, 3.05) is 41.7 Å². The molecule has 1 aliphatic heterocycles. The number of nitrogens with one attached hydrogen (secondary N) is 3. The number of aromatic nitrogens is 2. The molecule has 0 unspecified atom stereocenters. The smallest absolute Gasteiger partial charge is 0.229 e. The molecular weight excluding hydrogens is 340 g/mol. The van der Waals surface area contributed by atoms with Crippen molar-refractivity contribution in [1.29, 1.82) is 0 Å². The number of rotatable bonds is 5. The largest absolute Gasteiger partial charge is 0.471 e. The maximum Gasteiger partial charge on any atom is 0.229 e. The van der Waals surface area contributed by atoms with Crippen molar-refractivity contribution in [3.05, 3.63) is 54.2 Å². The van der Waals surface area contributed by atoms with Crippen molar-refractivity contribution in [2.45, 2.75) is 6.92 Å². The Morgan fingerprint density at radius 2 is 1.93 bits per heavy atom. The van der Waals surface area contributed by atoms with Gasteiger partial charge in [-0.2, -0.15) is 4.98 Å². The highest BCUT2D eigenvalue weighted by Crippen LogP contribution is 2.33. The van der Waals surface area contributed by atoms with Crippen LogP contribution in [0.25, 0.3) is 0 Å². The van der Waals surface area contributed by atoms with Gasteiger partial charge in [-0.05, 0) is 43.3 Å². The molecule has 0 saturated heterocycles. The summed E-state index contributed by atoms with van der Waals surface area (Å²) in [6.45, 7) is 2.49. The summed E-state index contributed by atoms with van der Waals surface area (Å²) in [4.78, 5) is 11.1. The van der Waals surface area contributed by atoms with Crippen LogP contribution in [0, 0.1) is 6.92 Å². The summed E-state index contributed by atoms with van der Waals surface area (Å²) in [6.07, 6.45) is 1.81. The molecule has 0 fully saturated rings. The number of nitrogens with zero attached hydrogens (tertiary/aromatic N) is 3. The number of benzene rings is 2. The van der Waals surface area contributed by atoms with E-state index in [2.05, 4.69) is 43.0 Å². The van der Waals surface area contributed by atoms with Crippen LogP contribution in [0.15, 0.2) is 48.7 Å². The van der Waals surface area contributed by atoms with E-state index in [-0.39, 0.29) is 0 Å². The van der Waals surface area contributed by atoms with Crippen LogP contribution in [-0.2, 0) is 0 Å². The molecule has 7 nitrogen and oxygen atoms in total. The number of fused-ring (bicyclic) bond motifs is 1. The predicted octanol–water partition coefficient (Wildman–Crippen LogP) is 4.10. The van der Waals surface area contributed by atoms with Crippen LogP contribution in [0.3, 0.4) is 0 Å². The summed E-state index contributed by atoms with van der Waals surface area (Å²) in [5.41, 5.74) is 4.93. The minimum atomic E-state index is 0.505. The first kappa shape index (κ1) is 17.0. The van der Waals surface area contributed by atoms with Crippen LogP contribution in [0.5, 0.6) is 5.75 Å². The Hall–Kier alpha value is -3.48. The van der Waals surface area contributed by atoms with Crippen LogP contribution < -0.4 is 25.6 Å². The molecule has 0 bridgehead atoms. The molecule has 3 aromatic rings. The fraction of sp³-hybridized carbons (Fsp3) is 0.200. The fourth-order valence-electron chi connectivity index (χ4n) is 2.82. The first-order valence-electron chi connectivity index (χ1n) is 8.74. The molecule has 7 heteroatoms. The number of hydrogen-bond acceptors (Lipinski definition) is 7. The summed E-state index contributed by atoms with van der Waals surface area (Å²) in [7, 11) is 4.03. The second-order valence-corrected chi connectivity index (χ2v) is 6.60. The van der Waals surface area contributed by atoms with E-state index >= 15 is 0 Å². The normalized spacial score (nSPS) is 12.0. The minimum Gasteiger partial charge on any atom is -0.471 e. The number of anilines is 6. The lowest BCUT2D eigenvalue weighted by atomic mass is 10.2. The fourth-order valence-corrected chi connectivity index (χ4v) is 2.82. The van der Waals surface area contributed by atoms with Crippen molar-refractivity contribution in [1.82, 2.24) is 9.97 Å². The molecular formula is C20H22N6O. The highest BCUT2D eigenvalue weighted by Gasteiger charge is 2.12. The lowest BCUT2D eigenvalue weighted by Gasteiger charge is -2.15. The van der Waals surface area contributed by atoms with Crippen molar-refractivity contribution < 1.29 is 4.74 Å². The van der Waals surface area contributed by atoms with E-state index in [1.165, 1.54) is 0 Å². The van der Waals surface area contributed by atoms with E-state index in [0.29, 0.717) is 12.7 Å². The third-order valence-corrected chi connectivity index (χ3v) is 4.32. The molecule has 4 rings (SSSR count). The quantitative estimate of drug-likeness (QED) is 0.631. The summed E-state index contributed by atoms with van der Waals surface area (Å²) in [5, 5.41) is 9.82. The zero-order valence-electron chi connectivity index (χ0n) is 15.6. The first-order chi connectivity index (χ1) is 13.1. The Bertz CT molecular complexity index is 972. The Kier molecular flexibility index (Phi) is 4.42. The monoisotopic (exact) mass is 362 g/mol. The van der Waals surface area contributed by atoms with Crippen molar-refractivity contribution in [3.8, 4) is 5.75 Å². The highest BCUT2D eigenvalue weighted by atomic mass is 16.5. The van der Waals surface area contributed by atoms with E-state index < -0.39 is 0 Å². The molecule has 0 amide bonds. The number of hydrogen-bond donors (Lipinski definition) is 3. The van der Waals surface area contributed by atoms with Crippen molar-refractivity contribution >= 4 is 34.5 Å². The minimum absolute atomic E-state index is 0.505. The second-order valence-electron chi connectivity index (χ2n) is 6.60. The molecule has 0 radical (unpaired) electrons. The Balaban J connectivity index is 1.55. The molecule has 0 atom stereocenters. The van der Waals surface area contributed by atoms with Gasteiger partial charge in [0.05, 0.1) is 5.69 Å². The van der Waals surface area contributed by atoms with Gasteiger partial charge in [0.15, 0.2) is 6.73 Å². The maximum absolute atomic E-state index is 5.46. The van der Waals surface area contributed by atoms with Gasteiger partial charge in [0.2, 0.25) is 5.95 Å². The van der Waals surface area contributed by atoms with Crippen molar-refractivity contribution in [3.63, 3.8) is 0 Å². The lowest BCUT2D eigenvalue weighted by Crippen LogP contribution is -2.09. The van der Waals surface area contributed by atoms with Gasteiger partial charge in [-0.1, -0.05) is 6.07 Å². The van der Waals surface area contributed by atoms with E-state index in [1.807, 2.05) is 57.5 Å². The summed E-state index contributed by atoms with van der Waals surface area (Å²) in [5.74, 6) is 2.17. The highest BCUT2D eigenvalue weighted by molar-refractivity contribution is 5.71. The Morgan fingerprint density at radius 3 is 2.78 bits per heavy atom. The average molecular weight is 362 g/mol. The molecule has 1 aromatic heterocycles. The number of aryl methyl sites for hydroxylation is 1. The van der Waals surface area contributed by atoms with Gasteiger partial charge in [-0.25, -0.2) is 4.98 Å². The second kappa shape index (κ2) is 7.03. The molecule has 138 valence electrons. The topological polar surface area (TPSA) is 74.3 Å². The molecule has 3 N–H and O–H groups in total. The molecule has 2 aromatic carbocycles. The molecule has 0 spiro atoms. The molecule has 0 saturated carbocycles. The van der Waals surface area contributed by atoms with Crippen LogP contribution in [0.4, 0.5) is 34.5 Å². The summed E-state index contributed by atoms with van der Waals surface area (Å²) in [6, 6.07) is 14.0. The molecule has 0 aliphatic carbocycles. The summed E-state index contributed by atoms with van der Waals surface area (Å²) < 4.78 is 5.46. The van der Waals surface area contributed by atoms with E-state index in [1.54, 1.807) is 0 Å². The van der Waals surface area contributed by atoms with E-state index in [0.717, 1.165) is 39.9 Å². The van der Waals surface area contributed by atoms with Crippen LogP contribution in [0.2, 0.25) is 0 Å². The van der Waals surface area contributed by atoms with Crippen LogP contribution in [-0.4, -0.2) is 30.8 Å². The third-order valence-electron chi connectivity index (χ3n) is 4.32. The van der Waals surface area contributed by atoms with Crippen LogP contribution >= 0.6 is 0 Å². The molecule has 2 heterocycles. The van der Waals surface area contributed by atoms with Gasteiger partial charge in [-0.3, -0.25) is 0 Å².